The van der Waals surface area contributed by atoms with Gasteiger partial charge in [0.25, 0.3) is 0 Å². The lowest BCUT2D eigenvalue weighted by atomic mass is 10.2. The maximum absolute atomic E-state index is 12.8. The van der Waals surface area contributed by atoms with Crippen LogP contribution >= 0.6 is 11.6 Å². The van der Waals surface area contributed by atoms with Gasteiger partial charge >= 0.3 is 0 Å². The van der Waals surface area contributed by atoms with E-state index in [9.17, 15) is 13.2 Å². The topological polar surface area (TPSA) is 103 Å². The second kappa shape index (κ2) is 11.6. The minimum absolute atomic E-state index is 0.0711. The molecule has 0 fully saturated rings. The van der Waals surface area contributed by atoms with E-state index in [0.717, 1.165) is 6.26 Å². The summed E-state index contributed by atoms with van der Waals surface area (Å²) >= 11 is 6.15. The van der Waals surface area contributed by atoms with Gasteiger partial charge in [-0.05, 0) is 48.9 Å². The number of nitrogens with one attached hydrogen (secondary N) is 1. The number of nitrogens with zero attached hydrogens (tertiary/aromatic N) is 1. The number of ether oxygens (including phenoxy) is 4. The normalized spacial score (nSPS) is 12.5. The number of carbonyl (C=O) groups is 1. The van der Waals surface area contributed by atoms with Crippen molar-refractivity contribution in [1.82, 2.24) is 0 Å². The van der Waals surface area contributed by atoms with Gasteiger partial charge in [-0.3, -0.25) is 9.10 Å². The molecule has 9 nitrogen and oxygen atoms in total. The van der Waals surface area contributed by atoms with Gasteiger partial charge in [0.2, 0.25) is 15.9 Å². The first-order valence-corrected chi connectivity index (χ1v) is 13.7. The first-order valence-electron chi connectivity index (χ1n) is 11.5. The molecule has 0 bridgehead atoms. The van der Waals surface area contributed by atoms with Gasteiger partial charge in [-0.15, -0.1) is 0 Å². The third-order valence-electron chi connectivity index (χ3n) is 5.46. The summed E-state index contributed by atoms with van der Waals surface area (Å²) in [6.45, 7) is 0.938. The molecule has 1 N–H and O–H groups in total. The molecule has 37 heavy (non-hydrogen) atoms. The zero-order valence-corrected chi connectivity index (χ0v) is 22.0. The number of fused-ring (bicyclic) bond motifs is 1. The Bertz CT molecular complexity index is 1380. The van der Waals surface area contributed by atoms with Gasteiger partial charge in [0.05, 0.1) is 24.7 Å². The molecule has 3 aromatic rings. The fourth-order valence-electron chi connectivity index (χ4n) is 3.75. The van der Waals surface area contributed by atoms with Crippen molar-refractivity contribution in [3.8, 4) is 28.7 Å². The van der Waals surface area contributed by atoms with Crippen LogP contribution in [0.25, 0.3) is 0 Å². The summed E-state index contributed by atoms with van der Waals surface area (Å²) in [5, 5.41) is 3.24. The van der Waals surface area contributed by atoms with Crippen LogP contribution in [-0.4, -0.2) is 47.4 Å². The molecule has 1 aliphatic rings. The van der Waals surface area contributed by atoms with Crippen molar-refractivity contribution in [3.05, 3.63) is 65.7 Å². The number of sulfonamides is 1. The van der Waals surface area contributed by atoms with E-state index < -0.39 is 10.0 Å². The third kappa shape index (κ3) is 6.99. The van der Waals surface area contributed by atoms with Crippen molar-refractivity contribution in [1.29, 1.82) is 0 Å². The number of hydrogen-bond acceptors (Lipinski definition) is 7. The second-order valence-corrected chi connectivity index (χ2v) is 10.6. The number of methoxy groups -OCH3 is 1. The van der Waals surface area contributed by atoms with Gasteiger partial charge in [0.1, 0.15) is 24.7 Å². The van der Waals surface area contributed by atoms with Crippen molar-refractivity contribution in [2.45, 2.75) is 12.8 Å². The summed E-state index contributed by atoms with van der Waals surface area (Å²) < 4.78 is 48.4. The highest BCUT2D eigenvalue weighted by atomic mass is 35.5. The molecule has 0 aromatic heterocycles. The van der Waals surface area contributed by atoms with E-state index in [1.807, 2.05) is 0 Å². The van der Waals surface area contributed by atoms with Crippen molar-refractivity contribution >= 4 is 38.9 Å². The number of rotatable bonds is 10. The van der Waals surface area contributed by atoms with Crippen LogP contribution in [0.4, 0.5) is 11.4 Å². The van der Waals surface area contributed by atoms with E-state index in [2.05, 4.69) is 5.32 Å². The first-order chi connectivity index (χ1) is 17.7. The summed E-state index contributed by atoms with van der Waals surface area (Å²) in [5.41, 5.74) is 0.836. The number of anilines is 2. The predicted molar refractivity (Wildman–Crippen MR) is 142 cm³/mol. The van der Waals surface area contributed by atoms with Crippen LogP contribution in [0.3, 0.4) is 0 Å². The Morgan fingerprint density at radius 1 is 1.03 bits per heavy atom. The Morgan fingerprint density at radius 3 is 2.54 bits per heavy atom. The molecule has 0 spiro atoms. The van der Waals surface area contributed by atoms with Crippen molar-refractivity contribution in [2.24, 2.45) is 0 Å². The SMILES string of the molecule is COc1cccc(Oc2ccc(Cl)cc2NC(=O)CCCN(c2ccc3c(c2)OCCO3)S(C)(=O)=O)c1. The minimum Gasteiger partial charge on any atom is -0.497 e. The molecule has 11 heteroatoms. The highest BCUT2D eigenvalue weighted by Crippen LogP contribution is 2.35. The Hall–Kier alpha value is -3.63. The van der Waals surface area contributed by atoms with Gasteiger partial charge in [0.15, 0.2) is 17.2 Å². The Morgan fingerprint density at radius 2 is 1.78 bits per heavy atom. The molecule has 0 saturated carbocycles. The van der Waals surface area contributed by atoms with Gasteiger partial charge in [-0.2, -0.15) is 0 Å². The molecule has 0 aliphatic carbocycles. The monoisotopic (exact) mass is 546 g/mol. The largest absolute Gasteiger partial charge is 0.497 e. The van der Waals surface area contributed by atoms with Crippen LogP contribution in [0, 0.1) is 0 Å². The number of benzene rings is 3. The smallest absolute Gasteiger partial charge is 0.232 e. The van der Waals surface area contributed by atoms with Crippen LogP contribution in [0.2, 0.25) is 5.02 Å². The predicted octanol–water partition coefficient (Wildman–Crippen LogP) is 5.10. The third-order valence-corrected chi connectivity index (χ3v) is 6.89. The Balaban J connectivity index is 1.41. The average Bonchev–Trinajstić information content (AvgIpc) is 2.87. The van der Waals surface area contributed by atoms with Crippen LogP contribution in [0.5, 0.6) is 28.7 Å². The van der Waals surface area contributed by atoms with Crippen molar-refractivity contribution in [2.75, 3.05) is 42.7 Å². The maximum atomic E-state index is 12.8. The Labute approximate surface area is 220 Å². The van der Waals surface area contributed by atoms with Gasteiger partial charge in [0, 0.05) is 30.1 Å². The first kappa shape index (κ1) is 26.4. The van der Waals surface area contributed by atoms with Crippen LogP contribution in [0.15, 0.2) is 60.7 Å². The lowest BCUT2D eigenvalue weighted by molar-refractivity contribution is -0.116. The summed E-state index contributed by atoms with van der Waals surface area (Å²) in [6.07, 6.45) is 1.47. The maximum Gasteiger partial charge on any atom is 0.232 e. The van der Waals surface area contributed by atoms with Gasteiger partial charge in [-0.25, -0.2) is 8.42 Å². The minimum atomic E-state index is -3.60. The molecule has 0 unspecified atom stereocenters. The van der Waals surface area contributed by atoms with Crippen LogP contribution in [0.1, 0.15) is 12.8 Å². The number of hydrogen-bond donors (Lipinski definition) is 1. The van der Waals surface area contributed by atoms with E-state index in [1.165, 1.54) is 4.31 Å². The lowest BCUT2D eigenvalue weighted by Crippen LogP contribution is -2.31. The van der Waals surface area contributed by atoms with Crippen molar-refractivity contribution < 1.29 is 32.2 Å². The van der Waals surface area contributed by atoms with Crippen LogP contribution < -0.4 is 28.6 Å². The molecule has 3 aromatic carbocycles. The van der Waals surface area contributed by atoms with Crippen molar-refractivity contribution in [3.63, 3.8) is 0 Å². The Kier molecular flexibility index (Phi) is 8.30. The number of amides is 1. The van der Waals surface area contributed by atoms with Gasteiger partial charge in [-0.1, -0.05) is 17.7 Å². The van der Waals surface area contributed by atoms with E-state index in [1.54, 1.807) is 67.8 Å². The van der Waals surface area contributed by atoms with E-state index in [4.69, 9.17) is 30.5 Å². The fourth-order valence-corrected chi connectivity index (χ4v) is 4.88. The molecule has 1 aliphatic heterocycles. The molecule has 0 atom stereocenters. The molecular weight excluding hydrogens is 520 g/mol. The molecule has 1 amide bonds. The molecule has 0 saturated heterocycles. The summed E-state index contributed by atoms with van der Waals surface area (Å²) in [7, 11) is -2.04. The molecule has 4 rings (SSSR count). The molecule has 196 valence electrons. The highest BCUT2D eigenvalue weighted by Gasteiger charge is 2.21. The van der Waals surface area contributed by atoms with E-state index >= 15 is 0 Å². The lowest BCUT2D eigenvalue weighted by Gasteiger charge is -2.25. The quantitative estimate of drug-likeness (QED) is 0.377. The summed E-state index contributed by atoms with van der Waals surface area (Å²) in [6, 6.07) is 16.9. The molecular formula is C26H27ClN2O7S. The zero-order valence-electron chi connectivity index (χ0n) is 20.4. The summed E-state index contributed by atoms with van der Waals surface area (Å²) in [5.74, 6) is 2.30. The van der Waals surface area contributed by atoms with Gasteiger partial charge < -0.3 is 24.3 Å². The van der Waals surface area contributed by atoms with E-state index in [0.29, 0.717) is 58.4 Å². The zero-order chi connectivity index (χ0) is 26.4. The molecule has 1 heterocycles. The molecule has 0 radical (unpaired) electrons. The van der Waals surface area contributed by atoms with Crippen LogP contribution in [-0.2, 0) is 14.8 Å². The van der Waals surface area contributed by atoms with E-state index in [-0.39, 0.29) is 25.3 Å². The average molecular weight is 547 g/mol. The summed E-state index contributed by atoms with van der Waals surface area (Å²) in [4.78, 5) is 12.8. The number of carbonyl (C=O) groups excluding carboxylic acids is 1. The fraction of sp³-hybridized carbons (Fsp3) is 0.269. The highest BCUT2D eigenvalue weighted by molar-refractivity contribution is 7.92. The standard InChI is InChI=1S/C26H27ClN2O7S/c1-33-20-5-3-6-21(17-20)36-23-10-8-18(27)15-22(23)28-26(30)7-4-12-29(37(2,31)32)19-9-11-24-25(16-19)35-14-13-34-24/h3,5-6,8-11,15-17H,4,7,12-14H2,1-2H3,(H,28,30). The number of halogens is 1. The second-order valence-electron chi connectivity index (χ2n) is 8.24.